The molecule has 3 heterocycles. The molecular formula is C24H41N5O5Si. The van der Waals surface area contributed by atoms with Crippen LogP contribution in [0.2, 0.25) is 18.1 Å². The van der Waals surface area contributed by atoms with Gasteiger partial charge in [-0.15, -0.1) is 10.2 Å². The Kier molecular flexibility index (Phi) is 6.27. The third-order valence-electron chi connectivity index (χ3n) is 7.95. The minimum atomic E-state index is -2.25. The molecule has 11 heteroatoms. The van der Waals surface area contributed by atoms with E-state index in [1.807, 2.05) is 25.7 Å². The summed E-state index contributed by atoms with van der Waals surface area (Å²) in [5.74, 6) is 0.761. The van der Waals surface area contributed by atoms with Crippen LogP contribution in [0.4, 0.5) is 9.59 Å². The Balaban J connectivity index is 1.58. The number of fused-ring (bicyclic) bond motifs is 3. The number of ether oxygens (including phenoxy) is 1. The summed E-state index contributed by atoms with van der Waals surface area (Å²) in [5.41, 5.74) is -0.456. The Morgan fingerprint density at radius 2 is 1.91 bits per heavy atom. The topological polar surface area (TPSA) is 110 Å². The Morgan fingerprint density at radius 3 is 2.49 bits per heavy atom. The van der Waals surface area contributed by atoms with Crippen LogP contribution in [0.5, 0.6) is 0 Å². The number of rotatable bonds is 6. The smallest absolute Gasteiger partial charge is 0.410 e. The number of aromatic nitrogens is 2. The quantitative estimate of drug-likeness (QED) is 0.560. The predicted molar refractivity (Wildman–Crippen MR) is 132 cm³/mol. The maximum Gasteiger partial charge on any atom is 0.410 e. The van der Waals surface area contributed by atoms with Crippen molar-refractivity contribution in [1.29, 1.82) is 0 Å². The van der Waals surface area contributed by atoms with Crippen LogP contribution in [0.15, 0.2) is 4.42 Å². The molecule has 0 radical (unpaired) electrons. The molecule has 1 aliphatic carbocycles. The summed E-state index contributed by atoms with van der Waals surface area (Å²) in [6.45, 7) is 17.2. The van der Waals surface area contributed by atoms with Gasteiger partial charge in [-0.05, 0) is 63.6 Å². The van der Waals surface area contributed by atoms with Crippen LogP contribution in [-0.2, 0) is 9.16 Å². The van der Waals surface area contributed by atoms with Crippen molar-refractivity contribution in [2.24, 2.45) is 5.41 Å². The first-order chi connectivity index (χ1) is 16.0. The maximum absolute atomic E-state index is 12.7. The number of carbonyl (C=O) groups excluding carboxylic acids is 2. The summed E-state index contributed by atoms with van der Waals surface area (Å²) >= 11 is 0. The van der Waals surface area contributed by atoms with Gasteiger partial charge >= 0.3 is 12.1 Å². The van der Waals surface area contributed by atoms with Crippen molar-refractivity contribution in [1.82, 2.24) is 25.3 Å². The highest BCUT2D eigenvalue weighted by molar-refractivity contribution is 6.74. The van der Waals surface area contributed by atoms with Crippen molar-refractivity contribution in [3.05, 3.63) is 11.8 Å². The van der Waals surface area contributed by atoms with Crippen LogP contribution in [0.1, 0.15) is 84.7 Å². The van der Waals surface area contributed by atoms with Gasteiger partial charge in [-0.25, -0.2) is 9.59 Å². The van der Waals surface area contributed by atoms with E-state index in [1.165, 1.54) is 4.90 Å². The molecule has 196 valence electrons. The van der Waals surface area contributed by atoms with Crippen molar-refractivity contribution >= 4 is 20.4 Å². The Labute approximate surface area is 209 Å². The highest BCUT2D eigenvalue weighted by atomic mass is 28.4. The standard InChI is InChI=1S/C24H41N5O5Si/c1-22(2,3)33-21(31)28(7)13-16(34-35(8,9)23(4,5)6)19-27-26-18(32-19)15-12-24(10-11-24)17-14-29(15)20(30)25-17/h15-17H,10-14H2,1-9H3,(H,25,30)/t15-,16-,17-/m0/s1. The number of hydrogen-bond donors (Lipinski definition) is 1. The van der Waals surface area contributed by atoms with Gasteiger partial charge in [-0.1, -0.05) is 20.8 Å². The molecule has 3 amide bonds. The van der Waals surface area contributed by atoms with Gasteiger partial charge in [0.25, 0.3) is 0 Å². The van der Waals surface area contributed by atoms with Gasteiger partial charge in [0.1, 0.15) is 17.7 Å². The molecule has 2 aliphatic heterocycles. The van der Waals surface area contributed by atoms with Gasteiger partial charge in [0, 0.05) is 13.6 Å². The van der Waals surface area contributed by atoms with Gasteiger partial charge in [0.05, 0.1) is 12.6 Å². The van der Waals surface area contributed by atoms with Crippen LogP contribution < -0.4 is 5.32 Å². The molecule has 3 aliphatic rings. The molecule has 35 heavy (non-hydrogen) atoms. The first-order valence-corrected chi connectivity index (χ1v) is 15.4. The molecular weight excluding hydrogens is 466 g/mol. The van der Waals surface area contributed by atoms with E-state index in [0.29, 0.717) is 18.3 Å². The summed E-state index contributed by atoms with van der Waals surface area (Å²) < 4.78 is 18.4. The van der Waals surface area contributed by atoms with Crippen LogP contribution >= 0.6 is 0 Å². The summed E-state index contributed by atoms with van der Waals surface area (Å²) in [7, 11) is -0.568. The average Bonchev–Trinajstić information content (AvgIpc) is 3.16. The second-order valence-electron chi connectivity index (χ2n) is 12.9. The lowest BCUT2D eigenvalue weighted by molar-refractivity contribution is 0.0190. The van der Waals surface area contributed by atoms with Gasteiger partial charge < -0.3 is 28.7 Å². The van der Waals surface area contributed by atoms with E-state index in [4.69, 9.17) is 13.6 Å². The van der Waals surface area contributed by atoms with Crippen LogP contribution in [0.3, 0.4) is 0 Å². The molecule has 4 rings (SSSR count). The lowest BCUT2D eigenvalue weighted by Gasteiger charge is -2.39. The Hall–Kier alpha value is -2.14. The minimum Gasteiger partial charge on any atom is -0.444 e. The Morgan fingerprint density at radius 1 is 1.26 bits per heavy atom. The zero-order valence-corrected chi connectivity index (χ0v) is 23.6. The summed E-state index contributed by atoms with van der Waals surface area (Å²) in [5, 5.41) is 11.8. The van der Waals surface area contributed by atoms with Gasteiger partial charge in [0.2, 0.25) is 11.8 Å². The second-order valence-corrected chi connectivity index (χ2v) is 17.7. The average molecular weight is 508 g/mol. The third kappa shape index (κ3) is 5.21. The highest BCUT2D eigenvalue weighted by Crippen LogP contribution is 2.59. The SMILES string of the molecule is CN(C[C@H](O[Si](C)(C)C(C)(C)C)c1nnc([C@@H]2CC3(CC3)[C@@H]3CN2C(=O)N3)o1)C(=O)OC(C)(C)C. The number of carbonyl (C=O) groups is 2. The number of piperidine rings is 1. The minimum absolute atomic E-state index is 0.0526. The fourth-order valence-electron chi connectivity index (χ4n) is 4.62. The molecule has 10 nitrogen and oxygen atoms in total. The predicted octanol–water partition coefficient (Wildman–Crippen LogP) is 4.62. The third-order valence-corrected chi connectivity index (χ3v) is 12.4. The molecule has 1 aromatic rings. The number of nitrogens with one attached hydrogen (secondary N) is 1. The zero-order valence-electron chi connectivity index (χ0n) is 22.6. The molecule has 1 aromatic heterocycles. The van der Waals surface area contributed by atoms with E-state index in [0.717, 1.165) is 19.3 Å². The number of nitrogens with zero attached hydrogens (tertiary/aromatic N) is 4. The van der Waals surface area contributed by atoms with Gasteiger partial charge in [-0.3, -0.25) is 0 Å². The van der Waals surface area contributed by atoms with Crippen molar-refractivity contribution in [2.75, 3.05) is 20.1 Å². The molecule has 0 unspecified atom stereocenters. The van der Waals surface area contributed by atoms with Gasteiger partial charge in [-0.2, -0.15) is 0 Å². The van der Waals surface area contributed by atoms with Crippen LogP contribution in [0.25, 0.3) is 0 Å². The molecule has 1 spiro atoms. The van der Waals surface area contributed by atoms with Crippen molar-refractivity contribution < 1.29 is 23.2 Å². The lowest BCUT2D eigenvalue weighted by atomic mass is 9.85. The van der Waals surface area contributed by atoms with Crippen LogP contribution in [-0.4, -0.2) is 72.2 Å². The molecule has 1 N–H and O–H groups in total. The summed E-state index contributed by atoms with van der Waals surface area (Å²) in [6, 6.07) is -0.0948. The van der Waals surface area contributed by atoms with E-state index >= 15 is 0 Å². The molecule has 0 aromatic carbocycles. The molecule has 3 fully saturated rings. The largest absolute Gasteiger partial charge is 0.444 e. The van der Waals surface area contributed by atoms with Crippen LogP contribution in [0, 0.1) is 5.41 Å². The van der Waals surface area contributed by atoms with E-state index in [9.17, 15) is 9.59 Å². The Bertz CT molecular complexity index is 978. The van der Waals surface area contributed by atoms with Crippen molar-refractivity contribution in [3.8, 4) is 0 Å². The fraction of sp³-hybridized carbons (Fsp3) is 0.833. The first kappa shape index (κ1) is 25.9. The lowest BCUT2D eigenvalue weighted by Crippen LogP contribution is -2.45. The number of likely N-dealkylation sites (N-methyl/N-ethyl adjacent to an activating group) is 1. The number of urea groups is 1. The van der Waals surface area contributed by atoms with Crippen molar-refractivity contribution in [2.45, 2.75) is 103 Å². The monoisotopic (exact) mass is 507 g/mol. The van der Waals surface area contributed by atoms with Crippen molar-refractivity contribution in [3.63, 3.8) is 0 Å². The second kappa shape index (κ2) is 8.47. The number of amides is 3. The van der Waals surface area contributed by atoms with E-state index in [2.05, 4.69) is 49.4 Å². The fourth-order valence-corrected chi connectivity index (χ4v) is 5.86. The van der Waals surface area contributed by atoms with E-state index in [-0.39, 0.29) is 35.1 Å². The molecule has 1 saturated carbocycles. The maximum atomic E-state index is 12.7. The van der Waals surface area contributed by atoms with E-state index in [1.54, 1.807) is 7.05 Å². The van der Waals surface area contributed by atoms with Gasteiger partial charge in [0.15, 0.2) is 8.32 Å². The summed E-state index contributed by atoms with van der Waals surface area (Å²) in [4.78, 5) is 28.6. The number of hydrogen-bond acceptors (Lipinski definition) is 7. The normalized spacial score (nSPS) is 24.4. The first-order valence-electron chi connectivity index (χ1n) is 12.5. The summed E-state index contributed by atoms with van der Waals surface area (Å²) in [6.07, 6.45) is 2.00. The molecule has 2 saturated heterocycles. The highest BCUT2D eigenvalue weighted by Gasteiger charge is 2.60. The molecule has 2 bridgehead atoms. The zero-order chi connectivity index (χ0) is 26.0. The van der Waals surface area contributed by atoms with E-state index < -0.39 is 26.1 Å². The molecule has 3 atom stereocenters.